The van der Waals surface area contributed by atoms with E-state index in [1.807, 2.05) is 27.2 Å². The zero-order valence-corrected chi connectivity index (χ0v) is 53.9. The maximum absolute atomic E-state index is 13.0. The lowest BCUT2D eigenvalue weighted by molar-refractivity contribution is -0.870. The van der Waals surface area contributed by atoms with Crippen LogP contribution < -0.4 is 5.32 Å². The van der Waals surface area contributed by atoms with E-state index in [0.29, 0.717) is 17.4 Å². The smallest absolute Gasteiger partial charge is 0.387 e. The maximum Gasteiger partial charge on any atom is 0.472 e. The Morgan fingerprint density at radius 3 is 1.14 bits per heavy atom. The molecular formula is C72H126N2O6P+. The number of amides is 1. The van der Waals surface area contributed by atoms with Crippen molar-refractivity contribution in [3.05, 3.63) is 134 Å². The quantitative estimate of drug-likeness (QED) is 0.0243. The summed E-state index contributed by atoms with van der Waals surface area (Å²) in [7, 11) is 1.53. The van der Waals surface area contributed by atoms with Crippen molar-refractivity contribution in [2.24, 2.45) is 0 Å². The van der Waals surface area contributed by atoms with Crippen LogP contribution in [0.25, 0.3) is 0 Å². The molecule has 0 aromatic heterocycles. The molecule has 0 aliphatic heterocycles. The number of carbonyl (C=O) groups is 1. The fourth-order valence-electron chi connectivity index (χ4n) is 8.99. The second-order valence-corrected chi connectivity index (χ2v) is 24.6. The number of carbonyl (C=O) groups excluding carboxylic acids is 1. The highest BCUT2D eigenvalue weighted by Crippen LogP contribution is 2.43. The number of nitrogens with one attached hydrogen (secondary N) is 1. The third kappa shape index (κ3) is 64.1. The fourth-order valence-corrected chi connectivity index (χ4v) is 9.73. The molecule has 8 nitrogen and oxygen atoms in total. The van der Waals surface area contributed by atoms with E-state index in [2.05, 4.69) is 141 Å². The number of phosphoric acid groups is 1. The SMILES string of the molecule is CC/C=C\C/C=C\C/C=C\C/C=C\C/C=C\C/C=C\C/C=C\C/C=C\C/C=C\CCCCCCCCCC(=O)NC(COP(=O)(O)OCC[N+](C)(C)C)C(O)/C=C/CC/C=C/CCCCCCCCCCCCCCCCCCCC. The Hall–Kier alpha value is -3.36. The molecule has 0 aromatic rings. The monoisotopic (exact) mass is 1150 g/mol. The highest BCUT2D eigenvalue weighted by molar-refractivity contribution is 7.47. The summed E-state index contributed by atoms with van der Waals surface area (Å²) in [5, 5.41) is 14.0. The minimum Gasteiger partial charge on any atom is -0.387 e. The van der Waals surface area contributed by atoms with Crippen LogP contribution in [0, 0.1) is 0 Å². The van der Waals surface area contributed by atoms with E-state index in [1.165, 1.54) is 135 Å². The Morgan fingerprint density at radius 2 is 0.753 bits per heavy atom. The molecule has 464 valence electrons. The van der Waals surface area contributed by atoms with Crippen molar-refractivity contribution in [2.75, 3.05) is 40.9 Å². The van der Waals surface area contributed by atoms with Crippen molar-refractivity contribution in [1.29, 1.82) is 0 Å². The van der Waals surface area contributed by atoms with Crippen molar-refractivity contribution in [2.45, 2.75) is 276 Å². The van der Waals surface area contributed by atoms with Gasteiger partial charge < -0.3 is 19.8 Å². The van der Waals surface area contributed by atoms with Gasteiger partial charge in [-0.1, -0.05) is 289 Å². The molecule has 0 heterocycles. The van der Waals surface area contributed by atoms with Gasteiger partial charge in [0.05, 0.1) is 39.9 Å². The minimum absolute atomic E-state index is 0.0471. The van der Waals surface area contributed by atoms with E-state index in [0.717, 1.165) is 109 Å². The molecule has 0 radical (unpaired) electrons. The van der Waals surface area contributed by atoms with Crippen LogP contribution in [0.3, 0.4) is 0 Å². The van der Waals surface area contributed by atoms with Gasteiger partial charge in [0, 0.05) is 6.42 Å². The second kappa shape index (κ2) is 61.2. The number of aliphatic hydroxyl groups excluding tert-OH is 1. The first-order valence-electron chi connectivity index (χ1n) is 33.1. The van der Waals surface area contributed by atoms with Crippen molar-refractivity contribution in [3.8, 4) is 0 Å². The Morgan fingerprint density at radius 1 is 0.432 bits per heavy atom. The number of quaternary nitrogens is 1. The standard InChI is InChI=1S/C72H125N2O6P/c1-6-8-10-12-14-16-18-20-22-24-26-28-30-32-33-34-35-36-37-38-39-40-41-42-44-46-48-50-52-54-56-58-60-62-64-66-72(76)73-70(69-80-81(77,78)79-68-67-74(3,4)5)71(75)65-63-61-59-57-55-53-51-49-47-45-43-31-29-27-25-23-21-19-17-15-13-11-9-7-2/h8,10,14,16,20,22,26,28,32-33,35-36,38-39,41-42,46,48,55,57,63,65,70-71,75H,6-7,9,11-13,15,17-19,21,23-25,27,29-31,34,37,40,43-45,47,49-54,56,58-62,64,66-69H2,1-5H3,(H-,73,76,77,78)/p+1/b10-8-,16-14-,22-20-,28-26-,33-32-,36-35-,39-38-,42-41-,48-46-,57-55+,65-63+. The molecule has 0 aliphatic rings. The average molecular weight is 1150 g/mol. The Balaban J connectivity index is 4.24. The lowest BCUT2D eigenvalue weighted by atomic mass is 10.0. The first-order chi connectivity index (χ1) is 39.5. The first kappa shape index (κ1) is 77.6. The van der Waals surface area contributed by atoms with Crippen molar-refractivity contribution < 1.29 is 32.9 Å². The molecule has 81 heavy (non-hydrogen) atoms. The summed E-state index contributed by atoms with van der Waals surface area (Å²) in [5.41, 5.74) is 0. The van der Waals surface area contributed by atoms with E-state index in [-0.39, 0.29) is 19.1 Å². The van der Waals surface area contributed by atoms with Gasteiger partial charge >= 0.3 is 7.82 Å². The lowest BCUT2D eigenvalue weighted by Crippen LogP contribution is -2.45. The van der Waals surface area contributed by atoms with Crippen LogP contribution in [0.1, 0.15) is 264 Å². The fraction of sp³-hybridized carbons (Fsp3) is 0.681. The number of aliphatic hydroxyl groups is 1. The molecule has 0 aliphatic carbocycles. The van der Waals surface area contributed by atoms with Crippen LogP contribution in [-0.2, 0) is 18.4 Å². The number of unbranched alkanes of at least 4 members (excludes halogenated alkanes) is 26. The van der Waals surface area contributed by atoms with Gasteiger partial charge in [0.25, 0.3) is 0 Å². The lowest BCUT2D eigenvalue weighted by Gasteiger charge is -2.25. The van der Waals surface area contributed by atoms with Gasteiger partial charge in [-0.15, -0.1) is 0 Å². The van der Waals surface area contributed by atoms with Crippen LogP contribution in [0.15, 0.2) is 134 Å². The van der Waals surface area contributed by atoms with Gasteiger partial charge in [-0.05, 0) is 103 Å². The zero-order chi connectivity index (χ0) is 59.1. The van der Waals surface area contributed by atoms with Crippen LogP contribution in [0.2, 0.25) is 0 Å². The van der Waals surface area contributed by atoms with Gasteiger partial charge in [-0.3, -0.25) is 13.8 Å². The molecule has 0 fully saturated rings. The minimum atomic E-state index is -4.37. The van der Waals surface area contributed by atoms with Crippen LogP contribution >= 0.6 is 7.82 Å². The summed E-state index contributed by atoms with van der Waals surface area (Å²) in [5.74, 6) is -0.202. The number of rotatable bonds is 59. The number of allylic oxidation sites excluding steroid dienone is 21. The zero-order valence-electron chi connectivity index (χ0n) is 53.0. The van der Waals surface area contributed by atoms with E-state index in [4.69, 9.17) is 9.05 Å². The van der Waals surface area contributed by atoms with E-state index in [1.54, 1.807) is 6.08 Å². The van der Waals surface area contributed by atoms with Gasteiger partial charge in [0.15, 0.2) is 0 Å². The summed E-state index contributed by atoms with van der Waals surface area (Å²) in [6, 6.07) is -0.881. The average Bonchev–Trinajstić information content (AvgIpc) is 3.43. The number of phosphoric ester groups is 1. The Bertz CT molecular complexity index is 1780. The predicted octanol–water partition coefficient (Wildman–Crippen LogP) is 21.0. The number of likely N-dealkylation sites (N-methyl/N-ethyl adjacent to an activating group) is 1. The van der Waals surface area contributed by atoms with E-state index >= 15 is 0 Å². The van der Waals surface area contributed by atoms with Crippen LogP contribution in [-0.4, -0.2) is 73.4 Å². The topological polar surface area (TPSA) is 105 Å². The van der Waals surface area contributed by atoms with Crippen molar-refractivity contribution in [3.63, 3.8) is 0 Å². The van der Waals surface area contributed by atoms with Gasteiger partial charge in [0.1, 0.15) is 13.2 Å². The van der Waals surface area contributed by atoms with Crippen molar-refractivity contribution >= 4 is 13.7 Å². The molecule has 0 bridgehead atoms. The predicted molar refractivity (Wildman–Crippen MR) is 355 cm³/mol. The van der Waals surface area contributed by atoms with Gasteiger partial charge in [0.2, 0.25) is 5.91 Å². The number of nitrogens with zero attached hydrogens (tertiary/aromatic N) is 1. The molecule has 0 saturated heterocycles. The number of hydrogen-bond donors (Lipinski definition) is 3. The molecule has 0 saturated carbocycles. The normalized spacial score (nSPS) is 14.6. The Labute approximate surface area is 500 Å². The first-order valence-corrected chi connectivity index (χ1v) is 34.6. The molecule has 3 atom stereocenters. The largest absolute Gasteiger partial charge is 0.472 e. The summed E-state index contributed by atoms with van der Waals surface area (Å²) in [4.78, 5) is 23.4. The molecule has 9 heteroatoms. The van der Waals surface area contributed by atoms with Crippen molar-refractivity contribution in [1.82, 2.24) is 5.32 Å². The highest BCUT2D eigenvalue weighted by Gasteiger charge is 2.27. The highest BCUT2D eigenvalue weighted by atomic mass is 31.2. The summed E-state index contributed by atoms with van der Waals surface area (Å²) >= 11 is 0. The molecule has 0 rings (SSSR count). The maximum atomic E-state index is 13.0. The van der Waals surface area contributed by atoms with E-state index < -0.39 is 20.0 Å². The molecule has 1 amide bonds. The Kier molecular flexibility index (Phi) is 58.7. The van der Waals surface area contributed by atoms with E-state index in [9.17, 15) is 19.4 Å². The second-order valence-electron chi connectivity index (χ2n) is 23.1. The van der Waals surface area contributed by atoms with Crippen LogP contribution in [0.4, 0.5) is 0 Å². The molecule has 0 aromatic carbocycles. The molecule has 3 N–H and O–H groups in total. The third-order valence-electron chi connectivity index (χ3n) is 14.1. The molecule has 0 spiro atoms. The summed E-state index contributed by atoms with van der Waals surface area (Å²) < 4.78 is 23.8. The molecular weight excluding hydrogens is 1020 g/mol. The van der Waals surface area contributed by atoms with Crippen LogP contribution in [0.5, 0.6) is 0 Å². The third-order valence-corrected chi connectivity index (χ3v) is 15.1. The number of hydrogen-bond acceptors (Lipinski definition) is 5. The summed E-state index contributed by atoms with van der Waals surface area (Å²) in [6.07, 6.45) is 92.9. The molecule has 3 unspecified atom stereocenters. The summed E-state index contributed by atoms with van der Waals surface area (Å²) in [6.45, 7) is 4.68. The van der Waals surface area contributed by atoms with Gasteiger partial charge in [-0.25, -0.2) is 4.57 Å². The van der Waals surface area contributed by atoms with Gasteiger partial charge in [-0.2, -0.15) is 0 Å².